The highest BCUT2D eigenvalue weighted by atomic mass is 35.5. The zero-order valence-corrected chi connectivity index (χ0v) is 20.0. The molecule has 1 aliphatic carbocycles. The number of hydrogen-bond donors (Lipinski definition) is 1. The summed E-state index contributed by atoms with van der Waals surface area (Å²) in [6, 6.07) is 5.48. The third kappa shape index (κ3) is 4.93. The summed E-state index contributed by atoms with van der Waals surface area (Å²) >= 11 is 7.04. The van der Waals surface area contributed by atoms with Crippen molar-refractivity contribution in [1.82, 2.24) is 9.88 Å². The minimum absolute atomic E-state index is 0.0837. The van der Waals surface area contributed by atoms with Crippen LogP contribution in [0.25, 0.3) is 0 Å². The second-order valence-corrected chi connectivity index (χ2v) is 10.9. The van der Waals surface area contributed by atoms with Gasteiger partial charge in [-0.3, -0.25) is 0 Å². The largest absolute Gasteiger partial charge is 0.370 e. The van der Waals surface area contributed by atoms with Crippen LogP contribution in [0.3, 0.4) is 0 Å². The molecule has 33 heavy (non-hydrogen) atoms. The van der Waals surface area contributed by atoms with Gasteiger partial charge in [0.25, 0.3) is 0 Å². The molecule has 3 aliphatic rings. The van der Waals surface area contributed by atoms with Gasteiger partial charge in [-0.1, -0.05) is 30.5 Å². The van der Waals surface area contributed by atoms with E-state index in [4.69, 9.17) is 11.6 Å². The van der Waals surface area contributed by atoms with Crippen LogP contribution in [0, 0.1) is 28.9 Å². The molecule has 3 heterocycles. The summed E-state index contributed by atoms with van der Waals surface area (Å²) in [7, 11) is 0. The maximum Gasteiger partial charge on any atom is 0.214 e. The molecule has 3 fully saturated rings. The summed E-state index contributed by atoms with van der Waals surface area (Å²) in [5.41, 5.74) is 0.951. The fraction of sp³-hybridized carbons (Fsp3) is 0.542. The Hall–Kier alpha value is -1.64. The lowest BCUT2D eigenvalue weighted by atomic mass is 9.86. The number of halogens is 4. The molecular formula is C24H28ClF3N4S. The SMILES string of the molecule is Fc1cccc(NSc2c(F)cc(N3CCC(CN4CCC5(CCCC5)C4)C3)c(Cl)c2F)n1. The average Bonchev–Trinajstić information content (AvgIpc) is 3.54. The molecule has 178 valence electrons. The van der Waals surface area contributed by atoms with E-state index < -0.39 is 17.6 Å². The molecule has 1 unspecified atom stereocenters. The van der Waals surface area contributed by atoms with Gasteiger partial charge in [0, 0.05) is 32.2 Å². The van der Waals surface area contributed by atoms with Crippen LogP contribution >= 0.6 is 23.5 Å². The first-order valence-electron chi connectivity index (χ1n) is 11.6. The molecule has 1 atom stereocenters. The van der Waals surface area contributed by atoms with Crippen LogP contribution in [0.2, 0.25) is 5.02 Å². The molecule has 1 spiro atoms. The maximum absolute atomic E-state index is 15.0. The molecule has 1 aromatic heterocycles. The number of hydrogen-bond acceptors (Lipinski definition) is 5. The number of pyridine rings is 1. The Morgan fingerprint density at radius 2 is 1.97 bits per heavy atom. The van der Waals surface area contributed by atoms with Crippen LogP contribution in [0.15, 0.2) is 29.2 Å². The molecule has 2 saturated heterocycles. The molecule has 1 aromatic carbocycles. The smallest absolute Gasteiger partial charge is 0.214 e. The van der Waals surface area contributed by atoms with E-state index in [0.29, 0.717) is 29.0 Å². The van der Waals surface area contributed by atoms with Crippen molar-refractivity contribution in [3.05, 3.63) is 46.9 Å². The second-order valence-electron chi connectivity index (χ2n) is 9.68. The van der Waals surface area contributed by atoms with Crippen molar-refractivity contribution >= 4 is 35.1 Å². The van der Waals surface area contributed by atoms with Crippen molar-refractivity contribution < 1.29 is 13.2 Å². The van der Waals surface area contributed by atoms with Crippen molar-refractivity contribution in [2.45, 2.75) is 43.4 Å². The van der Waals surface area contributed by atoms with Gasteiger partial charge in [-0.15, -0.1) is 0 Å². The normalized spacial score (nSPS) is 22.5. The van der Waals surface area contributed by atoms with E-state index in [0.717, 1.165) is 26.1 Å². The zero-order valence-electron chi connectivity index (χ0n) is 18.4. The molecule has 2 aliphatic heterocycles. The Morgan fingerprint density at radius 1 is 1.15 bits per heavy atom. The van der Waals surface area contributed by atoms with Gasteiger partial charge < -0.3 is 14.5 Å². The molecule has 2 aromatic rings. The Labute approximate surface area is 202 Å². The Bertz CT molecular complexity index is 1020. The molecule has 0 amide bonds. The van der Waals surface area contributed by atoms with Gasteiger partial charge in [0.15, 0.2) is 5.82 Å². The monoisotopic (exact) mass is 496 g/mol. The number of nitrogens with zero attached hydrogens (tertiary/aromatic N) is 3. The number of aromatic nitrogens is 1. The summed E-state index contributed by atoms with van der Waals surface area (Å²) in [5.74, 6) is -1.55. The summed E-state index contributed by atoms with van der Waals surface area (Å²) in [6.45, 7) is 4.89. The summed E-state index contributed by atoms with van der Waals surface area (Å²) in [4.78, 5) is 7.96. The van der Waals surface area contributed by atoms with Crippen molar-refractivity contribution in [2.75, 3.05) is 42.3 Å². The number of rotatable bonds is 6. The third-order valence-electron chi connectivity index (χ3n) is 7.39. The van der Waals surface area contributed by atoms with Gasteiger partial charge in [-0.25, -0.2) is 13.8 Å². The molecule has 1 N–H and O–H groups in total. The van der Waals surface area contributed by atoms with Gasteiger partial charge in [-0.05, 0) is 67.6 Å². The average molecular weight is 497 g/mol. The fourth-order valence-electron chi connectivity index (χ4n) is 5.74. The predicted octanol–water partition coefficient (Wildman–Crippen LogP) is 6.36. The van der Waals surface area contributed by atoms with E-state index in [2.05, 4.69) is 14.6 Å². The lowest BCUT2D eigenvalue weighted by molar-refractivity contribution is 0.237. The minimum atomic E-state index is -0.813. The molecule has 0 radical (unpaired) electrons. The molecule has 5 rings (SSSR count). The summed E-state index contributed by atoms with van der Waals surface area (Å²) in [5, 5.41) is -0.0837. The predicted molar refractivity (Wildman–Crippen MR) is 127 cm³/mol. The van der Waals surface area contributed by atoms with Gasteiger partial charge in [0.2, 0.25) is 5.95 Å². The third-order valence-corrected chi connectivity index (χ3v) is 8.64. The highest BCUT2D eigenvalue weighted by Gasteiger charge is 2.41. The molecule has 0 bridgehead atoms. The van der Waals surface area contributed by atoms with E-state index in [9.17, 15) is 13.2 Å². The van der Waals surface area contributed by atoms with Crippen LogP contribution in [-0.2, 0) is 0 Å². The first kappa shape index (κ1) is 23.1. The topological polar surface area (TPSA) is 31.4 Å². The van der Waals surface area contributed by atoms with E-state index in [1.807, 2.05) is 4.90 Å². The van der Waals surface area contributed by atoms with E-state index in [1.54, 1.807) is 0 Å². The second kappa shape index (κ2) is 9.55. The Morgan fingerprint density at radius 3 is 2.76 bits per heavy atom. The summed E-state index contributed by atoms with van der Waals surface area (Å²) in [6.07, 6.45) is 7.76. The minimum Gasteiger partial charge on any atom is -0.370 e. The molecule has 4 nitrogen and oxygen atoms in total. The zero-order chi connectivity index (χ0) is 23.0. The van der Waals surface area contributed by atoms with Crippen LogP contribution < -0.4 is 9.62 Å². The van der Waals surface area contributed by atoms with E-state index in [-0.39, 0.29) is 15.7 Å². The Kier molecular flexibility index (Phi) is 6.69. The van der Waals surface area contributed by atoms with E-state index in [1.165, 1.54) is 69.5 Å². The highest BCUT2D eigenvalue weighted by molar-refractivity contribution is 8.00. The fourth-order valence-corrected chi connectivity index (χ4v) is 6.73. The lowest BCUT2D eigenvalue weighted by Crippen LogP contribution is -2.31. The van der Waals surface area contributed by atoms with Gasteiger partial charge in [-0.2, -0.15) is 4.39 Å². The van der Waals surface area contributed by atoms with Crippen LogP contribution in [0.1, 0.15) is 38.5 Å². The van der Waals surface area contributed by atoms with Crippen LogP contribution in [0.5, 0.6) is 0 Å². The van der Waals surface area contributed by atoms with Gasteiger partial charge in [0.1, 0.15) is 21.6 Å². The van der Waals surface area contributed by atoms with Crippen molar-refractivity contribution in [2.24, 2.45) is 11.3 Å². The van der Waals surface area contributed by atoms with Gasteiger partial charge in [0.05, 0.1) is 5.69 Å². The first-order valence-corrected chi connectivity index (χ1v) is 12.8. The van der Waals surface area contributed by atoms with Gasteiger partial charge >= 0.3 is 0 Å². The number of likely N-dealkylation sites (tertiary alicyclic amines) is 1. The highest BCUT2D eigenvalue weighted by Crippen LogP contribution is 2.46. The van der Waals surface area contributed by atoms with Crippen molar-refractivity contribution in [3.8, 4) is 0 Å². The molecule has 1 saturated carbocycles. The quantitative estimate of drug-likeness (QED) is 0.285. The van der Waals surface area contributed by atoms with Crippen molar-refractivity contribution in [3.63, 3.8) is 0 Å². The van der Waals surface area contributed by atoms with Crippen LogP contribution in [-0.4, -0.2) is 42.6 Å². The Balaban J connectivity index is 1.22. The number of nitrogens with one attached hydrogen (secondary N) is 1. The number of anilines is 2. The van der Waals surface area contributed by atoms with Crippen molar-refractivity contribution in [1.29, 1.82) is 0 Å². The molecular weight excluding hydrogens is 469 g/mol. The number of benzene rings is 1. The maximum atomic E-state index is 15.0. The van der Waals surface area contributed by atoms with E-state index >= 15 is 0 Å². The molecule has 9 heteroatoms. The summed E-state index contributed by atoms with van der Waals surface area (Å²) < 4.78 is 45.7. The standard InChI is InChI=1S/C24H28ClF3N4S/c25-21-18(12-17(26)23(22(21)28)33-30-20-5-3-4-19(27)29-20)32-10-6-16(14-32)13-31-11-9-24(15-31)7-1-2-8-24/h3-5,12,16H,1-2,6-11,13-15H2,(H,29,30). The lowest BCUT2D eigenvalue weighted by Gasteiger charge is -2.26. The van der Waals surface area contributed by atoms with Crippen LogP contribution in [0.4, 0.5) is 24.7 Å². The first-order chi connectivity index (χ1) is 15.9.